The molecule has 110 valence electrons. The Morgan fingerprint density at radius 2 is 2.38 bits per heavy atom. The lowest BCUT2D eigenvalue weighted by Gasteiger charge is -2.32. The molecule has 0 N–H and O–H groups in total. The summed E-state index contributed by atoms with van der Waals surface area (Å²) in [6.45, 7) is 1.36. The van der Waals surface area contributed by atoms with E-state index in [2.05, 4.69) is 25.9 Å². The molecule has 7 heteroatoms. The zero-order chi connectivity index (χ0) is 14.7. The zero-order valence-electron chi connectivity index (χ0n) is 11.2. The normalized spacial score (nSPS) is 18.5. The van der Waals surface area contributed by atoms with Crippen molar-refractivity contribution in [2.24, 2.45) is 0 Å². The number of piperidine rings is 1. The van der Waals surface area contributed by atoms with E-state index in [1.165, 1.54) is 11.3 Å². The number of halogens is 1. The van der Waals surface area contributed by atoms with Gasteiger partial charge in [-0.1, -0.05) is 0 Å². The minimum Gasteiger partial charge on any atom is -0.471 e. The highest BCUT2D eigenvalue weighted by Crippen LogP contribution is 2.23. The third-order valence-corrected chi connectivity index (χ3v) is 4.95. The van der Waals surface area contributed by atoms with Crippen LogP contribution in [0.25, 0.3) is 0 Å². The predicted molar refractivity (Wildman–Crippen MR) is 83.6 cm³/mol. The van der Waals surface area contributed by atoms with Gasteiger partial charge in [0.2, 0.25) is 5.88 Å². The maximum absolute atomic E-state index is 12.4. The second kappa shape index (κ2) is 6.53. The Balaban J connectivity index is 1.64. The maximum Gasteiger partial charge on any atom is 0.264 e. The summed E-state index contributed by atoms with van der Waals surface area (Å²) in [6.07, 6.45) is 6.64. The van der Waals surface area contributed by atoms with Gasteiger partial charge in [-0.3, -0.25) is 9.78 Å². The van der Waals surface area contributed by atoms with Crippen molar-refractivity contribution in [3.8, 4) is 5.88 Å². The van der Waals surface area contributed by atoms with Crippen molar-refractivity contribution in [2.45, 2.75) is 18.9 Å². The molecule has 0 radical (unpaired) electrons. The van der Waals surface area contributed by atoms with Gasteiger partial charge in [-0.2, -0.15) is 0 Å². The monoisotopic (exact) mass is 367 g/mol. The van der Waals surface area contributed by atoms with Crippen molar-refractivity contribution in [1.29, 1.82) is 0 Å². The van der Waals surface area contributed by atoms with Gasteiger partial charge in [0.15, 0.2) is 0 Å². The number of rotatable bonds is 3. The van der Waals surface area contributed by atoms with Crippen molar-refractivity contribution < 1.29 is 9.53 Å². The van der Waals surface area contributed by atoms with Crippen molar-refractivity contribution in [2.75, 3.05) is 13.1 Å². The van der Waals surface area contributed by atoms with Crippen LogP contribution in [-0.2, 0) is 0 Å². The molecular weight excluding hydrogens is 354 g/mol. The topological polar surface area (TPSA) is 55.3 Å². The molecule has 2 aromatic heterocycles. The molecule has 1 fully saturated rings. The largest absolute Gasteiger partial charge is 0.471 e. The van der Waals surface area contributed by atoms with Gasteiger partial charge in [-0.25, -0.2) is 4.98 Å². The lowest BCUT2D eigenvalue weighted by atomic mass is 10.1. The van der Waals surface area contributed by atoms with E-state index in [-0.39, 0.29) is 12.0 Å². The number of nitrogens with zero attached hydrogens (tertiary/aromatic N) is 3. The van der Waals surface area contributed by atoms with Crippen LogP contribution in [-0.4, -0.2) is 40.0 Å². The number of amides is 1. The van der Waals surface area contributed by atoms with Crippen molar-refractivity contribution in [3.05, 3.63) is 39.4 Å². The first-order chi connectivity index (χ1) is 10.2. The summed E-state index contributed by atoms with van der Waals surface area (Å²) < 4.78 is 6.75. The Bertz CT molecular complexity index is 620. The minimum absolute atomic E-state index is 0.0252. The van der Waals surface area contributed by atoms with E-state index in [0.29, 0.717) is 12.4 Å². The summed E-state index contributed by atoms with van der Waals surface area (Å²) in [5.41, 5.74) is 0. The van der Waals surface area contributed by atoms with Gasteiger partial charge >= 0.3 is 0 Å². The number of carbonyl (C=O) groups excluding carboxylic acids is 1. The second-order valence-corrected chi connectivity index (χ2v) is 6.63. The predicted octanol–water partition coefficient (Wildman–Crippen LogP) is 2.98. The van der Waals surface area contributed by atoms with Crippen LogP contribution in [0.3, 0.4) is 0 Å². The highest BCUT2D eigenvalue weighted by atomic mass is 79.9. The first kappa shape index (κ1) is 14.5. The molecular formula is C14H14BrN3O2S. The van der Waals surface area contributed by atoms with Crippen LogP contribution in [0.5, 0.6) is 5.88 Å². The van der Waals surface area contributed by atoms with Crippen LogP contribution < -0.4 is 4.74 Å². The molecule has 1 aliphatic rings. The third-order valence-electron chi connectivity index (χ3n) is 3.27. The van der Waals surface area contributed by atoms with E-state index in [0.717, 1.165) is 28.7 Å². The van der Waals surface area contributed by atoms with Crippen molar-refractivity contribution >= 4 is 33.2 Å². The minimum atomic E-state index is -0.0252. The molecule has 1 aliphatic heterocycles. The molecule has 0 aliphatic carbocycles. The van der Waals surface area contributed by atoms with E-state index in [1.807, 2.05) is 16.3 Å². The van der Waals surface area contributed by atoms with Gasteiger partial charge in [-0.15, -0.1) is 11.3 Å². The van der Waals surface area contributed by atoms with Crippen molar-refractivity contribution in [3.63, 3.8) is 0 Å². The van der Waals surface area contributed by atoms with Gasteiger partial charge < -0.3 is 9.64 Å². The van der Waals surface area contributed by atoms with Crippen LogP contribution in [0.4, 0.5) is 0 Å². The van der Waals surface area contributed by atoms with E-state index in [4.69, 9.17) is 4.74 Å². The third kappa shape index (κ3) is 3.59. The summed E-state index contributed by atoms with van der Waals surface area (Å²) in [5, 5.41) is 1.92. The average molecular weight is 368 g/mol. The highest BCUT2D eigenvalue weighted by molar-refractivity contribution is 9.10. The van der Waals surface area contributed by atoms with Gasteiger partial charge in [0.25, 0.3) is 5.91 Å². The molecule has 1 atom stereocenters. The summed E-state index contributed by atoms with van der Waals surface area (Å²) >= 11 is 4.84. The SMILES string of the molecule is O=C(c1cc(Br)cs1)N1CCC[C@@H](Oc2cnccn2)C1. The molecule has 0 bridgehead atoms. The number of likely N-dealkylation sites (tertiary alicyclic amines) is 1. The molecule has 0 saturated carbocycles. The van der Waals surface area contributed by atoms with Gasteiger partial charge in [0.05, 0.1) is 17.6 Å². The molecule has 21 heavy (non-hydrogen) atoms. The number of carbonyl (C=O) groups is 1. The lowest BCUT2D eigenvalue weighted by molar-refractivity contribution is 0.0531. The summed E-state index contributed by atoms with van der Waals surface area (Å²) in [5.74, 6) is 0.578. The quantitative estimate of drug-likeness (QED) is 0.836. The summed E-state index contributed by atoms with van der Waals surface area (Å²) in [4.78, 5) is 23.1. The summed E-state index contributed by atoms with van der Waals surface area (Å²) in [6, 6.07) is 1.86. The molecule has 0 unspecified atom stereocenters. The Labute approximate surface area is 135 Å². The van der Waals surface area contributed by atoms with E-state index in [9.17, 15) is 4.79 Å². The number of thiophene rings is 1. The first-order valence-electron chi connectivity index (χ1n) is 6.68. The fraction of sp³-hybridized carbons (Fsp3) is 0.357. The van der Waals surface area contributed by atoms with E-state index in [1.54, 1.807) is 18.6 Å². The molecule has 1 amide bonds. The van der Waals surface area contributed by atoms with E-state index >= 15 is 0 Å². The molecule has 0 aromatic carbocycles. The molecule has 1 saturated heterocycles. The molecule has 2 aromatic rings. The number of hydrogen-bond acceptors (Lipinski definition) is 5. The fourth-order valence-electron chi connectivity index (χ4n) is 2.32. The molecule has 0 spiro atoms. The smallest absolute Gasteiger partial charge is 0.264 e. The van der Waals surface area contributed by atoms with Crippen molar-refractivity contribution in [1.82, 2.24) is 14.9 Å². The van der Waals surface area contributed by atoms with Gasteiger partial charge in [-0.05, 0) is 34.8 Å². The average Bonchev–Trinajstić information content (AvgIpc) is 2.94. The standard InChI is InChI=1S/C14H14BrN3O2S/c15-10-6-12(21-9-10)14(19)18-5-1-2-11(8-18)20-13-7-16-3-4-17-13/h3-4,6-7,9,11H,1-2,5,8H2/t11-/m1/s1. The Morgan fingerprint density at radius 3 is 3.10 bits per heavy atom. The Morgan fingerprint density at radius 1 is 1.48 bits per heavy atom. The second-order valence-electron chi connectivity index (χ2n) is 4.81. The Kier molecular flexibility index (Phi) is 4.50. The van der Waals surface area contributed by atoms with Gasteiger partial charge in [0, 0.05) is 28.8 Å². The lowest BCUT2D eigenvalue weighted by Crippen LogP contribution is -2.44. The van der Waals surface area contributed by atoms with Crippen LogP contribution in [0.15, 0.2) is 34.5 Å². The fourth-order valence-corrected chi connectivity index (χ4v) is 3.71. The molecule has 3 rings (SSSR count). The van der Waals surface area contributed by atoms with Gasteiger partial charge in [0.1, 0.15) is 6.10 Å². The zero-order valence-corrected chi connectivity index (χ0v) is 13.6. The maximum atomic E-state index is 12.4. The van der Waals surface area contributed by atoms with Crippen LogP contribution in [0.2, 0.25) is 0 Å². The van der Waals surface area contributed by atoms with Crippen LogP contribution >= 0.6 is 27.3 Å². The number of ether oxygens (including phenoxy) is 1. The van der Waals surface area contributed by atoms with Crippen LogP contribution in [0, 0.1) is 0 Å². The first-order valence-corrected chi connectivity index (χ1v) is 8.35. The molecule has 3 heterocycles. The summed E-state index contributed by atoms with van der Waals surface area (Å²) in [7, 11) is 0. The highest BCUT2D eigenvalue weighted by Gasteiger charge is 2.26. The number of hydrogen-bond donors (Lipinski definition) is 0. The van der Waals surface area contributed by atoms with E-state index < -0.39 is 0 Å². The Hall–Kier alpha value is -1.47. The molecule has 5 nitrogen and oxygen atoms in total. The van der Waals surface area contributed by atoms with Crippen LogP contribution in [0.1, 0.15) is 22.5 Å². The number of aromatic nitrogens is 2.